The normalized spacial score (nSPS) is 17.7. The Morgan fingerprint density at radius 1 is 1.00 bits per heavy atom. The van der Waals surface area contributed by atoms with Crippen LogP contribution in [0.2, 0.25) is 0 Å². The minimum Gasteiger partial charge on any atom is -0.275 e. The molecule has 0 fully saturated rings. The number of hydrogen-bond acceptors (Lipinski definition) is 2. The summed E-state index contributed by atoms with van der Waals surface area (Å²) in [6, 6.07) is 11.8. The third-order valence-electron chi connectivity index (χ3n) is 4.44. The van der Waals surface area contributed by atoms with Gasteiger partial charge in [0.1, 0.15) is 5.71 Å². The molecule has 2 aromatic carbocycles. The highest BCUT2D eigenvalue weighted by atomic mass is 19.4. The average Bonchev–Trinajstić information content (AvgIpc) is 2.83. The van der Waals surface area contributed by atoms with Gasteiger partial charge in [0.25, 0.3) is 5.91 Å². The molecule has 1 aliphatic carbocycles. The highest BCUT2D eigenvalue weighted by Crippen LogP contribution is 2.36. The number of benzene rings is 2. The Balaban J connectivity index is 1.81. The van der Waals surface area contributed by atoms with Gasteiger partial charge in [0.2, 0.25) is 0 Å². The van der Waals surface area contributed by atoms with Crippen molar-refractivity contribution in [2.24, 2.45) is 4.99 Å². The lowest BCUT2D eigenvalue weighted by atomic mass is 10.1. The van der Waals surface area contributed by atoms with Crippen molar-refractivity contribution >= 4 is 23.0 Å². The summed E-state index contributed by atoms with van der Waals surface area (Å²) in [5, 5.41) is 0. The van der Waals surface area contributed by atoms with Crippen LogP contribution in [0.5, 0.6) is 0 Å². The highest BCUT2D eigenvalue weighted by molar-refractivity contribution is 6.55. The van der Waals surface area contributed by atoms with Crippen LogP contribution in [0.3, 0.4) is 0 Å². The Bertz CT molecular complexity index is 1060. The van der Waals surface area contributed by atoms with Crippen LogP contribution in [-0.4, -0.2) is 11.6 Å². The van der Waals surface area contributed by atoms with Crippen LogP contribution in [0.4, 0.5) is 24.5 Å². The van der Waals surface area contributed by atoms with E-state index < -0.39 is 11.7 Å². The predicted octanol–water partition coefficient (Wildman–Crippen LogP) is 5.57. The summed E-state index contributed by atoms with van der Waals surface area (Å²) in [6.45, 7) is 0. The smallest absolute Gasteiger partial charge is 0.275 e. The van der Waals surface area contributed by atoms with Crippen LogP contribution < -0.4 is 4.90 Å². The number of halogens is 3. The molecule has 1 amide bonds. The molecule has 0 bridgehead atoms. The zero-order valence-corrected chi connectivity index (χ0v) is 14.6. The van der Waals surface area contributed by atoms with E-state index in [1.54, 1.807) is 18.2 Å². The molecule has 6 heteroatoms. The van der Waals surface area contributed by atoms with Crippen molar-refractivity contribution in [2.45, 2.75) is 12.6 Å². The fourth-order valence-corrected chi connectivity index (χ4v) is 3.16. The first-order valence-electron chi connectivity index (χ1n) is 8.68. The molecule has 3 nitrogen and oxygen atoms in total. The van der Waals surface area contributed by atoms with Crippen molar-refractivity contribution in [1.29, 1.82) is 0 Å². The summed E-state index contributed by atoms with van der Waals surface area (Å²) < 4.78 is 39.0. The van der Waals surface area contributed by atoms with E-state index in [0.29, 0.717) is 16.9 Å². The molecule has 4 rings (SSSR count). The molecule has 0 spiro atoms. The Morgan fingerprint density at radius 3 is 2.64 bits per heavy atom. The molecule has 0 saturated carbocycles. The lowest BCUT2D eigenvalue weighted by Gasteiger charge is -2.17. The molecule has 0 radical (unpaired) electrons. The second-order valence-corrected chi connectivity index (χ2v) is 6.32. The van der Waals surface area contributed by atoms with Crippen LogP contribution >= 0.6 is 0 Å². The maximum Gasteiger partial charge on any atom is 0.416 e. The molecule has 1 heterocycles. The number of carbonyl (C=O) groups is 1. The van der Waals surface area contributed by atoms with Gasteiger partial charge in [-0.05, 0) is 42.8 Å². The fourth-order valence-electron chi connectivity index (χ4n) is 3.16. The van der Waals surface area contributed by atoms with Crippen LogP contribution in [0.1, 0.15) is 17.5 Å². The van der Waals surface area contributed by atoms with Gasteiger partial charge in [-0.15, -0.1) is 0 Å². The van der Waals surface area contributed by atoms with Crippen molar-refractivity contribution in [3.63, 3.8) is 0 Å². The van der Waals surface area contributed by atoms with Gasteiger partial charge in [-0.3, -0.25) is 9.69 Å². The first-order chi connectivity index (χ1) is 13.4. The van der Waals surface area contributed by atoms with Crippen molar-refractivity contribution < 1.29 is 18.0 Å². The van der Waals surface area contributed by atoms with E-state index in [2.05, 4.69) is 4.99 Å². The summed E-state index contributed by atoms with van der Waals surface area (Å²) in [7, 11) is 0. The lowest BCUT2D eigenvalue weighted by Crippen LogP contribution is -2.28. The van der Waals surface area contributed by atoms with Gasteiger partial charge in [0.15, 0.2) is 0 Å². The number of nitrogens with zero attached hydrogens (tertiary/aromatic N) is 2. The summed E-state index contributed by atoms with van der Waals surface area (Å²) >= 11 is 0. The molecule has 0 aromatic heterocycles. The van der Waals surface area contributed by atoms with Gasteiger partial charge in [-0.25, -0.2) is 4.99 Å². The largest absolute Gasteiger partial charge is 0.416 e. The van der Waals surface area contributed by atoms with E-state index >= 15 is 0 Å². The number of amides is 1. The zero-order valence-electron chi connectivity index (χ0n) is 14.6. The van der Waals surface area contributed by atoms with E-state index in [1.165, 1.54) is 17.0 Å². The second-order valence-electron chi connectivity index (χ2n) is 6.32. The number of rotatable bonds is 2. The number of carbonyl (C=O) groups excluding carboxylic acids is 1. The molecule has 140 valence electrons. The molecule has 0 atom stereocenters. The molecule has 0 unspecified atom stereocenters. The van der Waals surface area contributed by atoms with E-state index in [-0.39, 0.29) is 17.3 Å². The Hall–Kier alpha value is -3.41. The van der Waals surface area contributed by atoms with Crippen LogP contribution in [-0.2, 0) is 11.0 Å². The number of aliphatic imine (C=N–C) groups is 1. The molecule has 0 N–H and O–H groups in total. The molecule has 0 saturated heterocycles. The Kier molecular flexibility index (Phi) is 4.47. The number of anilines is 1. The molecular weight excluding hydrogens is 365 g/mol. The molecule has 2 aliphatic rings. The van der Waals surface area contributed by atoms with Crippen molar-refractivity contribution in [2.75, 3.05) is 4.90 Å². The summed E-state index contributed by atoms with van der Waals surface area (Å²) in [5.41, 5.74) is 1.33. The third kappa shape index (κ3) is 3.29. The quantitative estimate of drug-likeness (QED) is 0.670. The summed E-state index contributed by atoms with van der Waals surface area (Å²) in [5.74, 6) is -0.371. The van der Waals surface area contributed by atoms with Gasteiger partial charge in [-0.2, -0.15) is 13.2 Å². The summed E-state index contributed by atoms with van der Waals surface area (Å²) in [4.78, 5) is 18.9. The first-order valence-corrected chi connectivity index (χ1v) is 8.68. The molecular formula is C22H15F3N2O. The second kappa shape index (κ2) is 6.96. The van der Waals surface area contributed by atoms with E-state index in [4.69, 9.17) is 0 Å². The molecule has 2 aromatic rings. The molecule has 1 aliphatic heterocycles. The average molecular weight is 380 g/mol. The number of fused-ring (bicyclic) bond motifs is 1. The van der Waals surface area contributed by atoms with Crippen molar-refractivity contribution in [3.8, 4) is 0 Å². The highest BCUT2D eigenvalue weighted by Gasteiger charge is 2.35. The van der Waals surface area contributed by atoms with Crippen LogP contribution in [0.25, 0.3) is 0 Å². The third-order valence-corrected chi connectivity index (χ3v) is 4.44. The van der Waals surface area contributed by atoms with Gasteiger partial charge < -0.3 is 0 Å². The number of allylic oxidation sites excluding steroid dienone is 5. The van der Waals surface area contributed by atoms with Gasteiger partial charge in [0, 0.05) is 11.3 Å². The van der Waals surface area contributed by atoms with Crippen LogP contribution in [0, 0.1) is 0 Å². The zero-order chi connectivity index (χ0) is 19.7. The predicted molar refractivity (Wildman–Crippen MR) is 103 cm³/mol. The minimum atomic E-state index is -4.47. The van der Waals surface area contributed by atoms with Crippen molar-refractivity contribution in [3.05, 3.63) is 95.7 Å². The topological polar surface area (TPSA) is 32.7 Å². The number of para-hydroxylation sites is 1. The summed E-state index contributed by atoms with van der Waals surface area (Å²) in [6.07, 6.45) is 5.73. The van der Waals surface area contributed by atoms with E-state index in [9.17, 15) is 18.0 Å². The lowest BCUT2D eigenvalue weighted by molar-refractivity contribution is -0.137. The van der Waals surface area contributed by atoms with Crippen LogP contribution in [0.15, 0.2) is 89.6 Å². The fraction of sp³-hybridized carbons (Fsp3) is 0.0909. The van der Waals surface area contributed by atoms with Gasteiger partial charge >= 0.3 is 6.18 Å². The number of alkyl halides is 3. The Morgan fingerprint density at radius 2 is 1.82 bits per heavy atom. The van der Waals surface area contributed by atoms with Gasteiger partial charge in [-0.1, -0.05) is 42.5 Å². The standard InChI is InChI=1S/C22H15F3N2O/c23-22(24,25)15-8-7-9-16(14-15)26-20-18-12-5-6-13-19(18)27(21(20)28)17-10-3-1-2-4-11-17/h1,3-14H,2H2. The number of hydrogen-bond donors (Lipinski definition) is 0. The Labute approximate surface area is 159 Å². The maximum atomic E-state index is 13.1. The van der Waals surface area contributed by atoms with E-state index in [1.807, 2.05) is 36.4 Å². The first kappa shape index (κ1) is 18.0. The van der Waals surface area contributed by atoms with Gasteiger partial charge in [0.05, 0.1) is 16.9 Å². The minimum absolute atomic E-state index is 0.0834. The maximum absolute atomic E-state index is 13.1. The monoisotopic (exact) mass is 380 g/mol. The van der Waals surface area contributed by atoms with Crippen molar-refractivity contribution in [1.82, 2.24) is 0 Å². The SMILES string of the molecule is O=C1C(=Nc2cccc(C(F)(F)F)c2)c2ccccc2N1C1=CC=CCC=C1. The molecule has 28 heavy (non-hydrogen) atoms. The van der Waals surface area contributed by atoms with E-state index in [0.717, 1.165) is 18.6 Å².